The van der Waals surface area contributed by atoms with Gasteiger partial charge in [0.1, 0.15) is 0 Å². The topological polar surface area (TPSA) is 69.9 Å². The average molecular weight is 206 g/mol. The van der Waals surface area contributed by atoms with Crippen LogP contribution in [0.15, 0.2) is 12.7 Å². The SMILES string of the molecule is C=CCC(O)COCC.CCC(O)O. The van der Waals surface area contributed by atoms with E-state index in [0.29, 0.717) is 26.1 Å². The van der Waals surface area contributed by atoms with Crippen molar-refractivity contribution < 1.29 is 20.1 Å². The van der Waals surface area contributed by atoms with E-state index in [1.54, 1.807) is 13.0 Å². The van der Waals surface area contributed by atoms with E-state index >= 15 is 0 Å². The van der Waals surface area contributed by atoms with Crippen molar-refractivity contribution in [3.8, 4) is 0 Å². The van der Waals surface area contributed by atoms with Gasteiger partial charge in [0.05, 0.1) is 12.7 Å². The summed E-state index contributed by atoms with van der Waals surface area (Å²) >= 11 is 0. The van der Waals surface area contributed by atoms with Crippen LogP contribution in [0.25, 0.3) is 0 Å². The molecule has 0 amide bonds. The predicted octanol–water partition coefficient (Wildman–Crippen LogP) is 0.667. The highest BCUT2D eigenvalue weighted by Crippen LogP contribution is 1.91. The minimum Gasteiger partial charge on any atom is -0.390 e. The van der Waals surface area contributed by atoms with E-state index in [1.807, 2.05) is 6.92 Å². The maximum absolute atomic E-state index is 8.98. The maximum Gasteiger partial charge on any atom is 0.151 e. The molecule has 4 nitrogen and oxygen atoms in total. The second kappa shape index (κ2) is 12.6. The molecular weight excluding hydrogens is 184 g/mol. The van der Waals surface area contributed by atoms with Crippen LogP contribution in [0.5, 0.6) is 0 Å². The predicted molar refractivity (Wildman–Crippen MR) is 55.8 cm³/mol. The van der Waals surface area contributed by atoms with Crippen LogP contribution < -0.4 is 0 Å². The lowest BCUT2D eigenvalue weighted by Crippen LogP contribution is -2.13. The van der Waals surface area contributed by atoms with Crippen LogP contribution in [-0.4, -0.2) is 40.9 Å². The number of rotatable bonds is 6. The van der Waals surface area contributed by atoms with Crippen LogP contribution in [0.2, 0.25) is 0 Å². The first-order valence-electron chi connectivity index (χ1n) is 4.81. The molecule has 1 unspecified atom stereocenters. The van der Waals surface area contributed by atoms with Crippen LogP contribution in [-0.2, 0) is 4.74 Å². The third-order valence-electron chi connectivity index (χ3n) is 1.32. The van der Waals surface area contributed by atoms with Crippen molar-refractivity contribution in [2.45, 2.75) is 39.1 Å². The van der Waals surface area contributed by atoms with Crippen molar-refractivity contribution in [2.24, 2.45) is 0 Å². The summed E-state index contributed by atoms with van der Waals surface area (Å²) in [5, 5.41) is 24.8. The van der Waals surface area contributed by atoms with Gasteiger partial charge >= 0.3 is 0 Å². The molecule has 0 spiro atoms. The fourth-order valence-electron chi connectivity index (χ4n) is 0.514. The van der Waals surface area contributed by atoms with E-state index in [-0.39, 0.29) is 6.10 Å². The van der Waals surface area contributed by atoms with Gasteiger partial charge in [-0.25, -0.2) is 0 Å². The molecule has 86 valence electrons. The number of ether oxygens (including phenoxy) is 1. The minimum atomic E-state index is -1.12. The summed E-state index contributed by atoms with van der Waals surface area (Å²) in [6.07, 6.45) is 1.22. The van der Waals surface area contributed by atoms with Crippen molar-refractivity contribution in [2.75, 3.05) is 13.2 Å². The summed E-state index contributed by atoms with van der Waals surface area (Å²) in [6, 6.07) is 0. The van der Waals surface area contributed by atoms with Gasteiger partial charge < -0.3 is 20.1 Å². The van der Waals surface area contributed by atoms with Crippen molar-refractivity contribution in [1.82, 2.24) is 0 Å². The van der Waals surface area contributed by atoms with E-state index in [4.69, 9.17) is 20.1 Å². The summed E-state index contributed by atoms with van der Waals surface area (Å²) in [5.41, 5.74) is 0. The van der Waals surface area contributed by atoms with Crippen LogP contribution >= 0.6 is 0 Å². The molecule has 0 aromatic heterocycles. The maximum atomic E-state index is 8.98. The fourth-order valence-corrected chi connectivity index (χ4v) is 0.514. The van der Waals surface area contributed by atoms with Crippen LogP contribution in [0.4, 0.5) is 0 Å². The van der Waals surface area contributed by atoms with Crippen LogP contribution in [0.3, 0.4) is 0 Å². The molecule has 0 saturated heterocycles. The molecular formula is C10H22O4. The highest BCUT2D eigenvalue weighted by molar-refractivity contribution is 4.71. The van der Waals surface area contributed by atoms with Crippen molar-refractivity contribution in [1.29, 1.82) is 0 Å². The van der Waals surface area contributed by atoms with E-state index < -0.39 is 6.29 Å². The molecule has 3 N–H and O–H groups in total. The van der Waals surface area contributed by atoms with Gasteiger partial charge in [-0.15, -0.1) is 6.58 Å². The lowest BCUT2D eigenvalue weighted by atomic mass is 10.3. The standard InChI is InChI=1S/C7H14O2.C3H8O2/c1-3-5-7(8)6-9-4-2;1-2-3(4)5/h3,7-8H,1,4-6H2,2H3;3-5H,2H2,1H3. The van der Waals surface area contributed by atoms with Gasteiger partial charge in [-0.1, -0.05) is 13.0 Å². The number of aliphatic hydroxyl groups excluding tert-OH is 2. The summed E-state index contributed by atoms with van der Waals surface area (Å²) in [6.45, 7) is 8.18. The van der Waals surface area contributed by atoms with Gasteiger partial charge in [0, 0.05) is 6.61 Å². The van der Waals surface area contributed by atoms with Crippen LogP contribution in [0, 0.1) is 0 Å². The smallest absolute Gasteiger partial charge is 0.151 e. The Morgan fingerprint density at radius 2 is 1.79 bits per heavy atom. The largest absolute Gasteiger partial charge is 0.390 e. The molecule has 0 heterocycles. The summed E-state index contributed by atoms with van der Waals surface area (Å²) < 4.78 is 4.95. The molecule has 0 radical (unpaired) electrons. The Morgan fingerprint density at radius 1 is 1.29 bits per heavy atom. The normalized spacial score (nSPS) is 11.9. The third-order valence-corrected chi connectivity index (χ3v) is 1.32. The number of hydrogen-bond donors (Lipinski definition) is 3. The van der Waals surface area contributed by atoms with Gasteiger partial charge in [0.2, 0.25) is 0 Å². The Hall–Kier alpha value is -0.420. The number of hydrogen-bond acceptors (Lipinski definition) is 4. The molecule has 0 aliphatic carbocycles. The molecule has 0 fully saturated rings. The minimum absolute atomic E-state index is 0.373. The second-order valence-electron chi connectivity index (χ2n) is 2.73. The van der Waals surface area contributed by atoms with Gasteiger partial charge in [0.25, 0.3) is 0 Å². The molecule has 1 atom stereocenters. The molecule has 0 aliphatic rings. The van der Waals surface area contributed by atoms with Crippen LogP contribution in [0.1, 0.15) is 26.7 Å². The Balaban J connectivity index is 0. The summed E-state index contributed by atoms with van der Waals surface area (Å²) in [7, 11) is 0. The highest BCUT2D eigenvalue weighted by atomic mass is 16.5. The first-order valence-corrected chi connectivity index (χ1v) is 4.81. The lowest BCUT2D eigenvalue weighted by molar-refractivity contribution is -0.0413. The van der Waals surface area contributed by atoms with E-state index in [0.717, 1.165) is 0 Å². The zero-order valence-corrected chi connectivity index (χ0v) is 9.02. The molecule has 0 aromatic carbocycles. The Bertz CT molecular complexity index is 115. The highest BCUT2D eigenvalue weighted by Gasteiger charge is 1.98. The third kappa shape index (κ3) is 17.6. The van der Waals surface area contributed by atoms with Crippen molar-refractivity contribution >= 4 is 0 Å². The summed E-state index contributed by atoms with van der Waals surface area (Å²) in [4.78, 5) is 0. The second-order valence-corrected chi connectivity index (χ2v) is 2.73. The molecule has 0 rings (SSSR count). The zero-order chi connectivity index (χ0) is 11.4. The Morgan fingerprint density at radius 3 is 2.07 bits per heavy atom. The quantitative estimate of drug-likeness (QED) is 0.441. The van der Waals surface area contributed by atoms with E-state index in [1.165, 1.54) is 0 Å². The molecule has 0 aliphatic heterocycles. The van der Waals surface area contributed by atoms with Crippen molar-refractivity contribution in [3.05, 3.63) is 12.7 Å². The summed E-state index contributed by atoms with van der Waals surface area (Å²) in [5.74, 6) is 0. The van der Waals surface area contributed by atoms with Gasteiger partial charge in [0.15, 0.2) is 6.29 Å². The molecule has 4 heteroatoms. The molecule has 0 bridgehead atoms. The van der Waals surface area contributed by atoms with E-state index in [2.05, 4.69) is 6.58 Å². The molecule has 0 aromatic rings. The van der Waals surface area contributed by atoms with Gasteiger partial charge in [-0.3, -0.25) is 0 Å². The first kappa shape index (κ1) is 16.0. The average Bonchev–Trinajstić information content (AvgIpc) is 2.16. The van der Waals surface area contributed by atoms with Gasteiger partial charge in [-0.05, 0) is 19.8 Å². The molecule has 14 heavy (non-hydrogen) atoms. The van der Waals surface area contributed by atoms with E-state index in [9.17, 15) is 0 Å². The zero-order valence-electron chi connectivity index (χ0n) is 9.02. The van der Waals surface area contributed by atoms with Gasteiger partial charge in [-0.2, -0.15) is 0 Å². The molecule has 0 saturated carbocycles. The first-order chi connectivity index (χ1) is 6.58. The lowest BCUT2D eigenvalue weighted by Gasteiger charge is -2.05. The Labute approximate surface area is 85.8 Å². The monoisotopic (exact) mass is 206 g/mol. The Kier molecular flexibility index (Phi) is 14.4. The van der Waals surface area contributed by atoms with Crippen molar-refractivity contribution in [3.63, 3.8) is 0 Å². The fraction of sp³-hybridized carbons (Fsp3) is 0.800. The number of aliphatic hydroxyl groups is 3.